The zero-order chi connectivity index (χ0) is 26.3. The van der Waals surface area contributed by atoms with Crippen LogP contribution >= 0.6 is 0 Å². The highest BCUT2D eigenvalue weighted by molar-refractivity contribution is 5.82. The lowest BCUT2D eigenvalue weighted by Gasteiger charge is -2.19. The van der Waals surface area contributed by atoms with Gasteiger partial charge < -0.3 is 10.4 Å². The van der Waals surface area contributed by atoms with Gasteiger partial charge in [-0.3, -0.25) is 4.57 Å². The number of alkyl halides is 3. The lowest BCUT2D eigenvalue weighted by Crippen LogP contribution is -2.23. The lowest BCUT2D eigenvalue weighted by molar-refractivity contribution is -0.206. The Morgan fingerprint density at radius 1 is 1.05 bits per heavy atom. The molecule has 0 aliphatic carbocycles. The van der Waals surface area contributed by atoms with Crippen molar-refractivity contribution in [1.29, 1.82) is 5.26 Å². The Labute approximate surface area is 207 Å². The van der Waals surface area contributed by atoms with E-state index < -0.39 is 17.8 Å². The quantitative estimate of drug-likeness (QED) is 0.363. The molecule has 0 saturated carbocycles. The maximum Gasteiger partial charge on any atom is 0.418 e. The average Bonchev–Trinajstić information content (AvgIpc) is 3.47. The van der Waals surface area contributed by atoms with E-state index in [1.165, 1.54) is 18.5 Å². The van der Waals surface area contributed by atoms with E-state index in [4.69, 9.17) is 0 Å². The number of imidazole rings is 1. The van der Waals surface area contributed by atoms with Gasteiger partial charge >= 0.3 is 6.18 Å². The van der Waals surface area contributed by atoms with Crippen LogP contribution in [0.4, 0.5) is 24.7 Å². The van der Waals surface area contributed by atoms with Crippen molar-refractivity contribution in [2.75, 3.05) is 5.32 Å². The fraction of sp³-hybridized carbons (Fsp3) is 0.167. The first-order valence-corrected chi connectivity index (χ1v) is 10.9. The summed E-state index contributed by atoms with van der Waals surface area (Å²) in [6.45, 7) is 3.41. The second-order valence-corrected chi connectivity index (χ2v) is 8.22. The van der Waals surface area contributed by atoms with E-state index in [1.54, 1.807) is 35.8 Å². The number of aromatic nitrogens is 7. The second-order valence-electron chi connectivity index (χ2n) is 8.22. The third-order valence-corrected chi connectivity index (χ3v) is 5.56. The topological polar surface area (TPSA) is 130 Å². The summed E-state index contributed by atoms with van der Waals surface area (Å²) >= 11 is 0. The lowest BCUT2D eigenvalue weighted by atomic mass is 10.1. The fourth-order valence-electron chi connectivity index (χ4n) is 3.77. The molecule has 186 valence electrons. The maximum atomic E-state index is 13.4. The number of aliphatic hydroxyl groups is 1. The molecular weight excluding hydrogens is 487 g/mol. The molecule has 1 atom stereocenters. The Bertz CT molecular complexity index is 1650. The van der Waals surface area contributed by atoms with Gasteiger partial charge in [-0.25, -0.2) is 14.6 Å². The largest absolute Gasteiger partial charge is 0.418 e. The highest BCUT2D eigenvalue weighted by Gasteiger charge is 2.41. The third-order valence-electron chi connectivity index (χ3n) is 5.56. The normalized spacial score (nSPS) is 12.5. The number of aliphatic hydroxyl groups excluding tert-OH is 1. The van der Waals surface area contributed by atoms with Gasteiger partial charge in [-0.2, -0.15) is 28.6 Å². The molecule has 0 spiro atoms. The van der Waals surface area contributed by atoms with Gasteiger partial charge in [-0.05, 0) is 62.4 Å². The number of pyridine rings is 1. The molecule has 1 aromatic carbocycles. The van der Waals surface area contributed by atoms with E-state index in [2.05, 4.69) is 30.6 Å². The van der Waals surface area contributed by atoms with Crippen LogP contribution in [0.2, 0.25) is 0 Å². The molecule has 5 aromatic rings. The molecule has 0 aliphatic heterocycles. The number of anilines is 2. The molecule has 2 N–H and O–H groups in total. The predicted molar refractivity (Wildman–Crippen MR) is 127 cm³/mol. The molecule has 1 unspecified atom stereocenters. The summed E-state index contributed by atoms with van der Waals surface area (Å²) in [6, 6.07) is 14.7. The molecule has 0 amide bonds. The molecule has 4 heterocycles. The number of halogens is 3. The Hall–Kier alpha value is -4.83. The van der Waals surface area contributed by atoms with E-state index in [-0.39, 0.29) is 17.3 Å². The molecule has 0 fully saturated rings. The highest BCUT2D eigenvalue weighted by atomic mass is 19.4. The van der Waals surface area contributed by atoms with Gasteiger partial charge in [0, 0.05) is 16.9 Å². The molecule has 4 aromatic heterocycles. The van der Waals surface area contributed by atoms with Crippen molar-refractivity contribution >= 4 is 22.5 Å². The summed E-state index contributed by atoms with van der Waals surface area (Å²) in [5, 5.41) is 34.4. The van der Waals surface area contributed by atoms with E-state index >= 15 is 0 Å². The van der Waals surface area contributed by atoms with Crippen molar-refractivity contribution in [1.82, 2.24) is 34.5 Å². The van der Waals surface area contributed by atoms with Crippen LogP contribution in [0.5, 0.6) is 0 Å². The first-order chi connectivity index (χ1) is 17.6. The molecule has 13 heteroatoms. The number of aryl methyl sites for hydroxylation is 2. The zero-order valence-electron chi connectivity index (χ0n) is 19.4. The fourth-order valence-corrected chi connectivity index (χ4v) is 3.77. The third kappa shape index (κ3) is 4.57. The standard InChI is InChI=1S/C24H18F3N9O/c1-13-3-7-20(33-32-13)30-15-4-6-19-18(10-15)29-12-35(19)21-8-5-17(22(37)24(25,26)27)23(31-21)36-14(2)9-16(11-28)34-36/h3-10,12,22,37H,1-2H3,(H,30,33). The van der Waals surface area contributed by atoms with Crippen LogP contribution in [0, 0.1) is 25.2 Å². The van der Waals surface area contributed by atoms with Crippen molar-refractivity contribution in [3.63, 3.8) is 0 Å². The molecular formula is C24H18F3N9O. The van der Waals surface area contributed by atoms with Crippen molar-refractivity contribution in [3.8, 4) is 17.7 Å². The van der Waals surface area contributed by atoms with Crippen LogP contribution in [0.25, 0.3) is 22.7 Å². The second kappa shape index (κ2) is 8.99. The predicted octanol–water partition coefficient (Wildman–Crippen LogP) is 4.22. The summed E-state index contributed by atoms with van der Waals surface area (Å²) in [4.78, 5) is 8.79. The highest BCUT2D eigenvalue weighted by Crippen LogP contribution is 2.36. The molecule has 10 nitrogen and oxygen atoms in total. The Balaban J connectivity index is 1.57. The summed E-state index contributed by atoms with van der Waals surface area (Å²) in [5.74, 6) is 0.550. The Morgan fingerprint density at radius 3 is 2.54 bits per heavy atom. The van der Waals surface area contributed by atoms with E-state index in [0.29, 0.717) is 28.2 Å². The van der Waals surface area contributed by atoms with Gasteiger partial charge in [0.2, 0.25) is 0 Å². The summed E-state index contributed by atoms with van der Waals surface area (Å²) in [5.41, 5.74) is 2.61. The number of nitrogens with one attached hydrogen (secondary N) is 1. The number of nitrogens with zero attached hydrogens (tertiary/aromatic N) is 8. The molecule has 5 rings (SSSR count). The van der Waals surface area contributed by atoms with Crippen LogP contribution in [-0.4, -0.2) is 45.8 Å². The van der Waals surface area contributed by atoms with Crippen molar-refractivity contribution in [2.24, 2.45) is 0 Å². The monoisotopic (exact) mass is 505 g/mol. The van der Waals surface area contributed by atoms with E-state index in [0.717, 1.165) is 16.4 Å². The molecule has 0 aliphatic rings. The smallest absolute Gasteiger partial charge is 0.379 e. The molecule has 0 radical (unpaired) electrons. The van der Waals surface area contributed by atoms with Gasteiger partial charge in [-0.1, -0.05) is 0 Å². The van der Waals surface area contributed by atoms with Gasteiger partial charge in [0.1, 0.15) is 18.2 Å². The summed E-state index contributed by atoms with van der Waals surface area (Å²) in [6.07, 6.45) is -6.23. The number of fused-ring (bicyclic) bond motifs is 1. The van der Waals surface area contributed by atoms with Crippen molar-refractivity contribution < 1.29 is 18.3 Å². The molecule has 37 heavy (non-hydrogen) atoms. The Kier molecular flexibility index (Phi) is 5.81. The van der Waals surface area contributed by atoms with Gasteiger partial charge in [-0.15, -0.1) is 5.10 Å². The minimum Gasteiger partial charge on any atom is -0.379 e. The first kappa shape index (κ1) is 23.9. The number of hydrogen-bond donors (Lipinski definition) is 2. The van der Waals surface area contributed by atoms with E-state index in [1.807, 2.05) is 19.1 Å². The summed E-state index contributed by atoms with van der Waals surface area (Å²) in [7, 11) is 0. The summed E-state index contributed by atoms with van der Waals surface area (Å²) < 4.78 is 42.9. The van der Waals surface area contributed by atoms with Crippen LogP contribution < -0.4 is 5.32 Å². The van der Waals surface area contributed by atoms with Gasteiger partial charge in [0.15, 0.2) is 23.4 Å². The van der Waals surface area contributed by atoms with Gasteiger partial charge in [0.25, 0.3) is 0 Å². The number of rotatable bonds is 5. The minimum absolute atomic E-state index is 0.00327. The van der Waals surface area contributed by atoms with Crippen LogP contribution in [-0.2, 0) is 0 Å². The Morgan fingerprint density at radius 2 is 1.86 bits per heavy atom. The zero-order valence-corrected chi connectivity index (χ0v) is 19.4. The van der Waals surface area contributed by atoms with Crippen LogP contribution in [0.1, 0.15) is 28.7 Å². The molecule has 0 saturated heterocycles. The van der Waals surface area contributed by atoms with Crippen molar-refractivity contribution in [2.45, 2.75) is 26.1 Å². The number of benzene rings is 1. The average molecular weight is 505 g/mol. The number of nitriles is 1. The SMILES string of the molecule is Cc1ccc(Nc2ccc3c(c2)ncn3-c2ccc(C(O)C(F)(F)F)c(-n3nc(C#N)cc3C)n2)nn1. The first-order valence-electron chi connectivity index (χ1n) is 10.9. The molecule has 0 bridgehead atoms. The van der Waals surface area contributed by atoms with Crippen LogP contribution in [0.15, 0.2) is 54.9 Å². The number of hydrogen-bond acceptors (Lipinski definition) is 8. The van der Waals surface area contributed by atoms with Gasteiger partial charge in [0.05, 0.1) is 16.7 Å². The van der Waals surface area contributed by atoms with Crippen LogP contribution in [0.3, 0.4) is 0 Å². The maximum absolute atomic E-state index is 13.4. The van der Waals surface area contributed by atoms with E-state index in [9.17, 15) is 23.5 Å². The minimum atomic E-state index is -4.93. The van der Waals surface area contributed by atoms with Crippen molar-refractivity contribution in [3.05, 3.63) is 77.5 Å².